The van der Waals surface area contributed by atoms with Crippen molar-refractivity contribution in [1.29, 1.82) is 0 Å². The average Bonchev–Trinajstić information content (AvgIpc) is 3.22. The third kappa shape index (κ3) is 2.38. The lowest BCUT2D eigenvalue weighted by Gasteiger charge is -1.99. The number of H-pyrrole nitrogens is 2. The molecule has 1 aliphatic rings. The summed E-state index contributed by atoms with van der Waals surface area (Å²) < 4.78 is 3.14. The van der Waals surface area contributed by atoms with Crippen LogP contribution in [0.5, 0.6) is 0 Å². The summed E-state index contributed by atoms with van der Waals surface area (Å²) in [6, 6.07) is 3.98. The molecule has 0 unspecified atom stereocenters. The smallest absolute Gasteiger partial charge is 0.216 e. The molecule has 112 valence electrons. The van der Waals surface area contributed by atoms with E-state index in [2.05, 4.69) is 41.4 Å². The Hall–Kier alpha value is -1.58. The summed E-state index contributed by atoms with van der Waals surface area (Å²) in [6.07, 6.45) is 4.98. The van der Waals surface area contributed by atoms with Gasteiger partial charge in [-0.25, -0.2) is 5.10 Å². The van der Waals surface area contributed by atoms with Gasteiger partial charge in [-0.05, 0) is 59.5 Å². The highest BCUT2D eigenvalue weighted by molar-refractivity contribution is 9.11. The van der Waals surface area contributed by atoms with E-state index in [1.807, 2.05) is 12.1 Å². The SMILES string of the molecule is S=c1[nH]nc(-c2n[nH]c3c2CCC3)n1/N=C/c1ccc(Br)s1. The highest BCUT2D eigenvalue weighted by atomic mass is 79.9. The van der Waals surface area contributed by atoms with Crippen molar-refractivity contribution in [2.75, 3.05) is 0 Å². The molecule has 0 radical (unpaired) electrons. The fraction of sp³-hybridized carbons (Fsp3) is 0.231. The molecule has 1 aliphatic carbocycles. The Morgan fingerprint density at radius 1 is 1.32 bits per heavy atom. The molecular weight excluding hydrogens is 384 g/mol. The zero-order chi connectivity index (χ0) is 15.1. The molecule has 0 bridgehead atoms. The lowest BCUT2D eigenvalue weighted by Crippen LogP contribution is -1.96. The van der Waals surface area contributed by atoms with Gasteiger partial charge in [-0.15, -0.1) is 11.3 Å². The van der Waals surface area contributed by atoms with Crippen LogP contribution in [0.1, 0.15) is 22.6 Å². The Balaban J connectivity index is 1.76. The molecule has 2 N–H and O–H groups in total. The van der Waals surface area contributed by atoms with Crippen LogP contribution in [0.4, 0.5) is 0 Å². The number of rotatable bonds is 3. The highest BCUT2D eigenvalue weighted by Crippen LogP contribution is 2.29. The largest absolute Gasteiger partial charge is 0.282 e. The van der Waals surface area contributed by atoms with Gasteiger partial charge in [-0.2, -0.15) is 20.0 Å². The molecule has 0 amide bonds. The molecule has 0 aliphatic heterocycles. The summed E-state index contributed by atoms with van der Waals surface area (Å²) >= 11 is 10.3. The van der Waals surface area contributed by atoms with Crippen molar-refractivity contribution in [3.63, 3.8) is 0 Å². The number of nitrogens with zero attached hydrogens (tertiary/aromatic N) is 4. The first-order valence-electron chi connectivity index (χ1n) is 6.76. The number of aromatic amines is 2. The molecule has 0 saturated carbocycles. The Morgan fingerprint density at radius 2 is 2.23 bits per heavy atom. The molecule has 0 saturated heterocycles. The maximum atomic E-state index is 5.28. The normalized spacial score (nSPS) is 14.0. The van der Waals surface area contributed by atoms with E-state index in [1.165, 1.54) is 11.3 Å². The van der Waals surface area contributed by atoms with Gasteiger partial charge < -0.3 is 0 Å². The quantitative estimate of drug-likeness (QED) is 0.526. The first-order chi connectivity index (χ1) is 10.7. The van der Waals surface area contributed by atoms with Crippen molar-refractivity contribution >= 4 is 45.7 Å². The second kappa shape index (κ2) is 5.56. The minimum Gasteiger partial charge on any atom is -0.282 e. The molecular formula is C13H11BrN6S2. The van der Waals surface area contributed by atoms with Gasteiger partial charge in [0.05, 0.1) is 10.0 Å². The summed E-state index contributed by atoms with van der Waals surface area (Å²) in [7, 11) is 0. The number of aromatic nitrogens is 5. The second-order valence-corrected chi connectivity index (χ2v) is 7.81. The number of thiophene rings is 1. The van der Waals surface area contributed by atoms with E-state index < -0.39 is 0 Å². The van der Waals surface area contributed by atoms with Gasteiger partial charge in [0.2, 0.25) is 10.6 Å². The Morgan fingerprint density at radius 3 is 3.05 bits per heavy atom. The molecule has 0 fully saturated rings. The third-order valence-electron chi connectivity index (χ3n) is 3.56. The molecule has 0 spiro atoms. The average molecular weight is 395 g/mol. The Bertz CT molecular complexity index is 915. The number of hydrogen-bond donors (Lipinski definition) is 2. The molecule has 0 atom stereocenters. The van der Waals surface area contributed by atoms with Gasteiger partial charge in [0.15, 0.2) is 0 Å². The highest BCUT2D eigenvalue weighted by Gasteiger charge is 2.23. The van der Waals surface area contributed by atoms with Crippen molar-refractivity contribution in [3.05, 3.63) is 36.8 Å². The summed E-state index contributed by atoms with van der Waals surface area (Å²) in [6.45, 7) is 0. The van der Waals surface area contributed by atoms with E-state index >= 15 is 0 Å². The first kappa shape index (κ1) is 14.0. The predicted molar refractivity (Wildman–Crippen MR) is 92.0 cm³/mol. The fourth-order valence-corrected chi connectivity index (χ4v) is 4.04. The lowest BCUT2D eigenvalue weighted by atomic mass is 10.2. The van der Waals surface area contributed by atoms with E-state index in [4.69, 9.17) is 12.2 Å². The van der Waals surface area contributed by atoms with Crippen LogP contribution in [0.2, 0.25) is 0 Å². The zero-order valence-corrected chi connectivity index (χ0v) is 14.6. The van der Waals surface area contributed by atoms with Crippen LogP contribution < -0.4 is 0 Å². The van der Waals surface area contributed by atoms with Crippen LogP contribution in [-0.4, -0.2) is 31.3 Å². The van der Waals surface area contributed by atoms with Crippen LogP contribution in [0, 0.1) is 4.77 Å². The van der Waals surface area contributed by atoms with Crippen LogP contribution in [0.3, 0.4) is 0 Å². The number of nitrogens with one attached hydrogen (secondary N) is 2. The van der Waals surface area contributed by atoms with Gasteiger partial charge >= 0.3 is 0 Å². The molecule has 6 nitrogen and oxygen atoms in total. The van der Waals surface area contributed by atoms with Crippen molar-refractivity contribution in [3.8, 4) is 11.5 Å². The Kier molecular flexibility index (Phi) is 3.55. The van der Waals surface area contributed by atoms with Crippen LogP contribution >= 0.6 is 39.5 Å². The Labute approximate surface area is 143 Å². The molecule has 3 heterocycles. The van der Waals surface area contributed by atoms with E-state index in [9.17, 15) is 0 Å². The first-order valence-corrected chi connectivity index (χ1v) is 8.78. The number of hydrogen-bond acceptors (Lipinski definition) is 5. The molecule has 22 heavy (non-hydrogen) atoms. The molecule has 4 rings (SSSR count). The molecule has 0 aromatic carbocycles. The van der Waals surface area contributed by atoms with Crippen molar-refractivity contribution in [2.45, 2.75) is 19.3 Å². The standard InChI is InChI=1S/C13H11BrN6S2/c14-10-5-4-7(22-10)6-15-20-12(18-19-13(20)21)11-8-2-1-3-9(8)16-17-11/h4-6H,1-3H2,(H,16,17)(H,19,21)/b15-6+. The van der Waals surface area contributed by atoms with Crippen molar-refractivity contribution in [2.24, 2.45) is 5.10 Å². The summed E-state index contributed by atoms with van der Waals surface area (Å²) in [5.41, 5.74) is 3.26. The summed E-state index contributed by atoms with van der Waals surface area (Å²) in [5.74, 6) is 0.649. The predicted octanol–water partition coefficient (Wildman–Crippen LogP) is 3.53. The van der Waals surface area contributed by atoms with Gasteiger partial charge in [-0.1, -0.05) is 0 Å². The molecule has 3 aromatic rings. The number of halogens is 1. The minimum absolute atomic E-state index is 0.455. The van der Waals surface area contributed by atoms with Gasteiger partial charge in [0, 0.05) is 16.1 Å². The van der Waals surface area contributed by atoms with Gasteiger partial charge in [0.1, 0.15) is 5.69 Å². The summed E-state index contributed by atoms with van der Waals surface area (Å²) in [5, 5.41) is 19.0. The summed E-state index contributed by atoms with van der Waals surface area (Å²) in [4.78, 5) is 1.04. The van der Waals surface area contributed by atoms with E-state index in [0.29, 0.717) is 10.6 Å². The van der Waals surface area contributed by atoms with E-state index in [-0.39, 0.29) is 0 Å². The fourth-order valence-electron chi connectivity index (χ4n) is 2.57. The second-order valence-electron chi connectivity index (χ2n) is 4.93. The van der Waals surface area contributed by atoms with E-state index in [0.717, 1.165) is 33.6 Å². The monoisotopic (exact) mass is 394 g/mol. The van der Waals surface area contributed by atoms with Gasteiger partial charge in [0.25, 0.3) is 0 Å². The molecule has 3 aromatic heterocycles. The van der Waals surface area contributed by atoms with E-state index in [1.54, 1.807) is 22.2 Å². The topological polar surface area (TPSA) is 74.7 Å². The lowest BCUT2D eigenvalue weighted by molar-refractivity contribution is 0.844. The maximum Gasteiger partial charge on any atom is 0.216 e. The van der Waals surface area contributed by atoms with Crippen molar-refractivity contribution in [1.82, 2.24) is 25.1 Å². The van der Waals surface area contributed by atoms with Crippen molar-refractivity contribution < 1.29 is 0 Å². The zero-order valence-electron chi connectivity index (χ0n) is 11.3. The van der Waals surface area contributed by atoms with Gasteiger partial charge in [-0.3, -0.25) is 5.10 Å². The minimum atomic E-state index is 0.455. The number of aryl methyl sites for hydroxylation is 1. The van der Waals surface area contributed by atoms with Crippen LogP contribution in [0.15, 0.2) is 21.0 Å². The maximum absolute atomic E-state index is 5.28. The molecule has 9 heteroatoms. The third-order valence-corrected chi connectivity index (χ3v) is 5.39. The van der Waals surface area contributed by atoms with Crippen LogP contribution in [0.25, 0.3) is 11.5 Å². The van der Waals surface area contributed by atoms with Crippen LogP contribution in [-0.2, 0) is 12.8 Å². The number of fused-ring (bicyclic) bond motifs is 1.